The molecule has 23 heteroatoms. The lowest BCUT2D eigenvalue weighted by Gasteiger charge is -2.50. The molecule has 630 valence electrons. The number of carbonyl (C=O) groups is 3. The van der Waals surface area contributed by atoms with E-state index in [0.717, 1.165) is 51.9 Å². The summed E-state index contributed by atoms with van der Waals surface area (Å²) in [5.74, 6) is -6.13. The zero-order chi connectivity index (χ0) is 78.1. The number of ether oxygens (including phenoxy) is 6. The molecule has 3 aliphatic heterocycles. The molecule has 2 amide bonds. The Kier molecular flexibility index (Phi) is 58.0. The van der Waals surface area contributed by atoms with Gasteiger partial charge < -0.3 is 100 Å². The first kappa shape index (κ1) is 98.7. The fourth-order valence-corrected chi connectivity index (χ4v) is 15.4. The summed E-state index contributed by atoms with van der Waals surface area (Å²) in [6, 6.07) is -2.62. The Labute approximate surface area is 645 Å². The number of carboxylic acid groups (broad SMARTS) is 1. The van der Waals surface area contributed by atoms with E-state index in [9.17, 15) is 75.7 Å². The third-order valence-electron chi connectivity index (χ3n) is 22.2. The number of carbonyl (C=O) groups excluding carboxylic acids is 2. The molecule has 3 aliphatic rings. The van der Waals surface area contributed by atoms with Crippen LogP contribution in [0.25, 0.3) is 0 Å². The first-order valence-corrected chi connectivity index (χ1v) is 43.6. The lowest BCUT2D eigenvalue weighted by atomic mass is 9.88. The number of hydrogen-bond donors (Lipinski definition) is 14. The molecule has 3 saturated heterocycles. The molecular formula is C84H158N2O21. The summed E-state index contributed by atoms with van der Waals surface area (Å²) in [6.07, 6.45) is 41.1. The van der Waals surface area contributed by atoms with Gasteiger partial charge in [0.05, 0.1) is 50.7 Å². The molecule has 0 aromatic heterocycles. The van der Waals surface area contributed by atoms with E-state index >= 15 is 0 Å². The van der Waals surface area contributed by atoms with E-state index < -0.39 is 155 Å². The molecule has 0 bridgehead atoms. The second-order valence-corrected chi connectivity index (χ2v) is 31.8. The summed E-state index contributed by atoms with van der Waals surface area (Å²) in [5.41, 5.74) is 0. The summed E-state index contributed by atoms with van der Waals surface area (Å²) in [6.45, 7) is 2.22. The molecule has 0 aromatic rings. The van der Waals surface area contributed by atoms with E-state index in [1.807, 2.05) is 6.08 Å². The van der Waals surface area contributed by atoms with Crippen LogP contribution >= 0.6 is 0 Å². The molecule has 0 aromatic carbocycles. The third kappa shape index (κ3) is 42.4. The fraction of sp³-hybridized carbons (Fsp3) is 0.940. The van der Waals surface area contributed by atoms with Crippen molar-refractivity contribution in [1.82, 2.24) is 10.6 Å². The number of aliphatic hydroxyl groups is 11. The van der Waals surface area contributed by atoms with Crippen molar-refractivity contribution in [2.75, 3.05) is 26.4 Å². The first-order valence-electron chi connectivity index (χ1n) is 43.6. The molecule has 18 unspecified atom stereocenters. The number of unbranched alkanes of at least 4 members (excludes halogenated alkanes) is 50. The van der Waals surface area contributed by atoms with Crippen LogP contribution < -0.4 is 10.6 Å². The Hall–Kier alpha value is -2.53. The van der Waals surface area contributed by atoms with E-state index in [1.165, 1.54) is 276 Å². The average Bonchev–Trinajstić information content (AvgIpc) is 0.754. The summed E-state index contributed by atoms with van der Waals surface area (Å²) in [4.78, 5) is 38.8. The van der Waals surface area contributed by atoms with Crippen molar-refractivity contribution in [3.8, 4) is 0 Å². The molecule has 0 saturated carbocycles. The molecular weight excluding hydrogens is 1370 g/mol. The van der Waals surface area contributed by atoms with Crippen LogP contribution in [0.2, 0.25) is 0 Å². The van der Waals surface area contributed by atoms with Crippen molar-refractivity contribution in [2.24, 2.45) is 0 Å². The highest BCUT2D eigenvalue weighted by Gasteiger charge is 2.60. The van der Waals surface area contributed by atoms with Crippen LogP contribution in [-0.4, -0.2) is 215 Å². The van der Waals surface area contributed by atoms with E-state index in [4.69, 9.17) is 28.4 Å². The predicted molar refractivity (Wildman–Crippen MR) is 417 cm³/mol. The van der Waals surface area contributed by atoms with Crippen molar-refractivity contribution in [1.29, 1.82) is 0 Å². The Morgan fingerprint density at radius 2 is 0.869 bits per heavy atom. The van der Waals surface area contributed by atoms with Gasteiger partial charge in [-0.05, 0) is 19.3 Å². The first-order chi connectivity index (χ1) is 51.9. The lowest BCUT2D eigenvalue weighted by Crippen LogP contribution is -2.70. The van der Waals surface area contributed by atoms with Gasteiger partial charge in [-0.2, -0.15) is 0 Å². The average molecular weight is 1530 g/mol. The van der Waals surface area contributed by atoms with Crippen LogP contribution in [0.4, 0.5) is 0 Å². The lowest BCUT2D eigenvalue weighted by molar-refractivity contribution is -0.386. The highest BCUT2D eigenvalue weighted by atomic mass is 16.8. The van der Waals surface area contributed by atoms with Gasteiger partial charge in [0.2, 0.25) is 11.8 Å². The Bertz CT molecular complexity index is 2170. The van der Waals surface area contributed by atoms with Gasteiger partial charge >= 0.3 is 5.97 Å². The minimum atomic E-state index is -3.08. The topological polar surface area (TPSA) is 373 Å². The van der Waals surface area contributed by atoms with Crippen molar-refractivity contribution in [3.63, 3.8) is 0 Å². The maximum absolute atomic E-state index is 13.6. The Morgan fingerprint density at radius 1 is 0.486 bits per heavy atom. The smallest absolute Gasteiger partial charge is 0.364 e. The van der Waals surface area contributed by atoms with E-state index in [2.05, 4.69) is 24.5 Å². The van der Waals surface area contributed by atoms with Gasteiger partial charge in [0.1, 0.15) is 67.1 Å². The van der Waals surface area contributed by atoms with Crippen molar-refractivity contribution < 1.29 is 104 Å². The van der Waals surface area contributed by atoms with Crippen molar-refractivity contribution in [3.05, 3.63) is 12.2 Å². The second kappa shape index (κ2) is 62.9. The minimum absolute atomic E-state index is 0.206. The van der Waals surface area contributed by atoms with Crippen molar-refractivity contribution >= 4 is 17.8 Å². The molecule has 18 atom stereocenters. The zero-order valence-corrected chi connectivity index (χ0v) is 67.0. The normalized spacial score (nSPS) is 26.0. The number of rotatable bonds is 70. The SMILES string of the molecule is CCCCCCCCCCCCCCCCCCCCCCCC/C=C/C(O)C(COC1OC(CO)C(OC2OC(CO)C(O)C(OC3(C(=O)O)CC(O)C(NC(C)=O)C(C(O)C(O)CO)O3)C2O)C(O)C1O)NC(=O)CCCCCCCCCCCCCCCCCCCCCCCCCCCCCCC. The largest absolute Gasteiger partial charge is 0.477 e. The minimum Gasteiger partial charge on any atom is -0.477 e. The summed E-state index contributed by atoms with van der Waals surface area (Å²) in [5, 5.41) is 137. The maximum Gasteiger partial charge on any atom is 0.364 e. The molecule has 0 spiro atoms. The van der Waals surface area contributed by atoms with Gasteiger partial charge in [0, 0.05) is 19.8 Å². The Balaban J connectivity index is 1.48. The van der Waals surface area contributed by atoms with Gasteiger partial charge in [-0.15, -0.1) is 0 Å². The number of allylic oxidation sites excluding steroid dienone is 1. The van der Waals surface area contributed by atoms with E-state index in [1.54, 1.807) is 6.08 Å². The van der Waals surface area contributed by atoms with Crippen LogP contribution in [-0.2, 0) is 42.8 Å². The summed E-state index contributed by atoms with van der Waals surface area (Å²) in [7, 11) is 0. The second-order valence-electron chi connectivity index (χ2n) is 31.8. The van der Waals surface area contributed by atoms with Gasteiger partial charge in [-0.25, -0.2) is 4.79 Å². The summed E-state index contributed by atoms with van der Waals surface area (Å²) < 4.78 is 35.0. The monoisotopic (exact) mass is 1530 g/mol. The molecule has 3 rings (SSSR count). The van der Waals surface area contributed by atoms with E-state index in [0.29, 0.717) is 12.8 Å². The van der Waals surface area contributed by atoms with E-state index in [-0.39, 0.29) is 12.3 Å². The third-order valence-corrected chi connectivity index (χ3v) is 22.2. The highest BCUT2D eigenvalue weighted by molar-refractivity contribution is 5.77. The highest BCUT2D eigenvalue weighted by Crippen LogP contribution is 2.39. The van der Waals surface area contributed by atoms with Crippen molar-refractivity contribution in [2.45, 2.75) is 477 Å². The zero-order valence-electron chi connectivity index (χ0n) is 67.0. The molecule has 107 heavy (non-hydrogen) atoms. The van der Waals surface area contributed by atoms with Crippen LogP contribution in [0.3, 0.4) is 0 Å². The number of amides is 2. The molecule has 0 aliphatic carbocycles. The van der Waals surface area contributed by atoms with Crippen LogP contribution in [0, 0.1) is 0 Å². The molecule has 0 radical (unpaired) electrons. The summed E-state index contributed by atoms with van der Waals surface area (Å²) >= 11 is 0. The number of nitrogens with one attached hydrogen (secondary N) is 2. The quantitative estimate of drug-likeness (QED) is 0.0199. The molecule has 3 fully saturated rings. The standard InChI is InChI=1S/C84H158N2O21/c1-4-6-8-10-12-14-16-18-20-22-24-26-28-30-31-32-33-34-36-38-40-42-44-46-48-50-52-54-56-58-71(94)86-65(66(91)57-55-53-51-49-47-45-43-41-39-37-35-29-27-25-23-21-19-17-15-13-11-9-7-5-2)63-102-81-76(98)75(97)78(70(62-89)104-81)105-82-77(99)80(74(96)69(61-88)103-82)107-84(83(100)101)59-67(92)72(85-64(3)90)79(106-84)73(95)68(93)60-87/h55,57,65-70,72-82,87-89,91-93,95-99H,4-54,56,58-63H2,1-3H3,(H,85,90)(H,86,94)(H,100,101)/b57-55+. The fourth-order valence-electron chi connectivity index (χ4n) is 15.4. The van der Waals surface area contributed by atoms with Gasteiger partial charge in [-0.3, -0.25) is 9.59 Å². The maximum atomic E-state index is 13.6. The molecule has 3 heterocycles. The number of aliphatic hydroxyl groups excluding tert-OH is 11. The van der Waals surface area contributed by atoms with Gasteiger partial charge in [0.15, 0.2) is 12.6 Å². The van der Waals surface area contributed by atoms with Gasteiger partial charge in [0.25, 0.3) is 5.79 Å². The predicted octanol–water partition coefficient (Wildman–Crippen LogP) is 12.9. The van der Waals surface area contributed by atoms with Crippen LogP contribution in [0.1, 0.15) is 367 Å². The number of hydrogen-bond acceptors (Lipinski definition) is 20. The Morgan fingerprint density at radius 3 is 1.24 bits per heavy atom. The van der Waals surface area contributed by atoms with Crippen LogP contribution in [0.5, 0.6) is 0 Å². The number of carboxylic acids is 1. The van der Waals surface area contributed by atoms with Crippen LogP contribution in [0.15, 0.2) is 12.2 Å². The molecule has 14 N–H and O–H groups in total. The van der Waals surface area contributed by atoms with Gasteiger partial charge in [-0.1, -0.05) is 341 Å². The molecule has 23 nitrogen and oxygen atoms in total. The number of aliphatic carboxylic acids is 1.